The van der Waals surface area contributed by atoms with E-state index in [9.17, 15) is 8.42 Å². The zero-order valence-electron chi connectivity index (χ0n) is 10.1. The maximum atomic E-state index is 12.2. The van der Waals surface area contributed by atoms with Gasteiger partial charge in [0.1, 0.15) is 0 Å². The zero-order chi connectivity index (χ0) is 14.0. The van der Waals surface area contributed by atoms with Crippen molar-refractivity contribution in [1.82, 2.24) is 4.72 Å². The number of sulfonamides is 1. The fraction of sp³-hybridized carbons (Fsp3) is 0.167. The van der Waals surface area contributed by atoms with Crippen LogP contribution in [-0.4, -0.2) is 8.42 Å². The second-order valence-electron chi connectivity index (χ2n) is 4.06. The molecule has 0 spiro atoms. The van der Waals surface area contributed by atoms with Gasteiger partial charge in [-0.3, -0.25) is 0 Å². The molecule has 1 aromatic carbocycles. The molecule has 7 heteroatoms. The van der Waals surface area contributed by atoms with Crippen LogP contribution in [-0.2, 0) is 10.0 Å². The molecule has 0 saturated heterocycles. The monoisotopic (exact) mass is 316 g/mol. The molecule has 19 heavy (non-hydrogen) atoms. The highest BCUT2D eigenvalue weighted by Gasteiger charge is 2.19. The number of hydrogen-bond acceptors (Lipinski definition) is 4. The summed E-state index contributed by atoms with van der Waals surface area (Å²) in [5, 5.41) is 0. The van der Waals surface area contributed by atoms with Crippen molar-refractivity contribution in [2.75, 3.05) is 5.73 Å². The van der Waals surface area contributed by atoms with E-state index in [1.54, 1.807) is 31.2 Å². The minimum Gasteiger partial charge on any atom is -0.399 e. The SMILES string of the molecule is CC(NS(=O)(=O)c1cccc(N)c1)c1ccc(Cl)s1. The number of thiophene rings is 1. The first kappa shape index (κ1) is 14.3. The number of halogens is 1. The van der Waals surface area contributed by atoms with E-state index in [4.69, 9.17) is 17.3 Å². The van der Waals surface area contributed by atoms with Crippen molar-refractivity contribution in [3.8, 4) is 0 Å². The lowest BCUT2D eigenvalue weighted by Crippen LogP contribution is -2.26. The minimum absolute atomic E-state index is 0.155. The Morgan fingerprint density at radius 1 is 1.32 bits per heavy atom. The molecule has 2 rings (SSSR count). The van der Waals surface area contributed by atoms with E-state index in [0.717, 1.165) is 4.88 Å². The van der Waals surface area contributed by atoms with Gasteiger partial charge in [-0.1, -0.05) is 17.7 Å². The Balaban J connectivity index is 2.22. The number of nitrogen functional groups attached to an aromatic ring is 1. The van der Waals surface area contributed by atoms with Crippen molar-refractivity contribution in [3.63, 3.8) is 0 Å². The zero-order valence-corrected chi connectivity index (χ0v) is 12.5. The molecule has 1 unspecified atom stereocenters. The highest BCUT2D eigenvalue weighted by molar-refractivity contribution is 7.89. The Hall–Kier alpha value is -1.08. The molecule has 0 aliphatic heterocycles. The molecule has 2 aromatic rings. The van der Waals surface area contributed by atoms with Gasteiger partial charge in [0.15, 0.2) is 0 Å². The molecule has 0 aliphatic rings. The number of rotatable bonds is 4. The third-order valence-electron chi connectivity index (χ3n) is 2.52. The highest BCUT2D eigenvalue weighted by Crippen LogP contribution is 2.27. The van der Waals surface area contributed by atoms with Crippen LogP contribution in [0.5, 0.6) is 0 Å². The second kappa shape index (κ2) is 5.50. The van der Waals surface area contributed by atoms with Crippen LogP contribution in [0, 0.1) is 0 Å². The number of anilines is 1. The topological polar surface area (TPSA) is 72.2 Å². The number of nitrogens with one attached hydrogen (secondary N) is 1. The molecule has 0 radical (unpaired) electrons. The molecule has 3 N–H and O–H groups in total. The maximum Gasteiger partial charge on any atom is 0.241 e. The van der Waals surface area contributed by atoms with Crippen molar-refractivity contribution in [1.29, 1.82) is 0 Å². The summed E-state index contributed by atoms with van der Waals surface area (Å²) in [6.45, 7) is 1.77. The summed E-state index contributed by atoms with van der Waals surface area (Å²) >= 11 is 7.19. The van der Waals surface area contributed by atoms with Gasteiger partial charge in [0.05, 0.1) is 15.3 Å². The van der Waals surface area contributed by atoms with Crippen LogP contribution in [0.3, 0.4) is 0 Å². The molecule has 1 heterocycles. The average molecular weight is 317 g/mol. The quantitative estimate of drug-likeness (QED) is 0.852. The lowest BCUT2D eigenvalue weighted by atomic mass is 10.3. The Kier molecular flexibility index (Phi) is 4.15. The van der Waals surface area contributed by atoms with E-state index in [0.29, 0.717) is 10.0 Å². The molecule has 0 aliphatic carbocycles. The highest BCUT2D eigenvalue weighted by atomic mass is 35.5. The Morgan fingerprint density at radius 2 is 2.05 bits per heavy atom. The average Bonchev–Trinajstić information content (AvgIpc) is 2.75. The van der Waals surface area contributed by atoms with Crippen LogP contribution in [0.25, 0.3) is 0 Å². The van der Waals surface area contributed by atoms with E-state index < -0.39 is 10.0 Å². The van der Waals surface area contributed by atoms with E-state index in [1.165, 1.54) is 23.5 Å². The lowest BCUT2D eigenvalue weighted by molar-refractivity contribution is 0.568. The summed E-state index contributed by atoms with van der Waals surface area (Å²) in [5.41, 5.74) is 6.00. The van der Waals surface area contributed by atoms with Crippen molar-refractivity contribution >= 4 is 38.6 Å². The molecular weight excluding hydrogens is 304 g/mol. The third kappa shape index (κ3) is 3.48. The van der Waals surface area contributed by atoms with E-state index in [-0.39, 0.29) is 10.9 Å². The molecule has 1 atom stereocenters. The Morgan fingerprint density at radius 3 is 2.63 bits per heavy atom. The van der Waals surface area contributed by atoms with Gasteiger partial charge in [-0.2, -0.15) is 0 Å². The molecule has 0 amide bonds. The molecule has 102 valence electrons. The van der Waals surface area contributed by atoms with Gasteiger partial charge in [-0.15, -0.1) is 11.3 Å². The van der Waals surface area contributed by atoms with Gasteiger partial charge in [0.25, 0.3) is 0 Å². The summed E-state index contributed by atoms with van der Waals surface area (Å²) in [7, 11) is -3.59. The standard InChI is InChI=1S/C12H13ClN2O2S2/c1-8(11-5-6-12(13)18-11)15-19(16,17)10-4-2-3-9(14)7-10/h2-8,15H,14H2,1H3. The van der Waals surface area contributed by atoms with Gasteiger partial charge in [-0.05, 0) is 37.3 Å². The molecule has 0 fully saturated rings. The fourth-order valence-corrected chi connectivity index (χ4v) is 4.02. The van der Waals surface area contributed by atoms with Crippen molar-refractivity contribution in [2.24, 2.45) is 0 Å². The third-order valence-corrected chi connectivity index (χ3v) is 5.47. The summed E-state index contributed by atoms with van der Waals surface area (Å²) in [6, 6.07) is 9.39. The van der Waals surface area contributed by atoms with Crippen LogP contribution in [0.2, 0.25) is 4.34 Å². The minimum atomic E-state index is -3.59. The van der Waals surface area contributed by atoms with Gasteiger partial charge in [-0.25, -0.2) is 13.1 Å². The van der Waals surface area contributed by atoms with Crippen LogP contribution >= 0.6 is 22.9 Å². The Bertz CT molecular complexity index is 683. The maximum absolute atomic E-state index is 12.2. The van der Waals surface area contributed by atoms with Crippen LogP contribution < -0.4 is 10.5 Å². The number of nitrogens with two attached hydrogens (primary N) is 1. The van der Waals surface area contributed by atoms with Crippen LogP contribution in [0.1, 0.15) is 17.8 Å². The summed E-state index contributed by atoms with van der Waals surface area (Å²) < 4.78 is 27.6. The molecular formula is C12H13ClN2O2S2. The smallest absolute Gasteiger partial charge is 0.241 e. The largest absolute Gasteiger partial charge is 0.399 e. The number of hydrogen-bond donors (Lipinski definition) is 2. The van der Waals surface area contributed by atoms with Gasteiger partial charge < -0.3 is 5.73 Å². The predicted octanol–water partition coefficient (Wildman–Crippen LogP) is 3.02. The first-order chi connectivity index (χ1) is 8.88. The van der Waals surface area contributed by atoms with E-state index >= 15 is 0 Å². The summed E-state index contributed by atoms with van der Waals surface area (Å²) in [5.74, 6) is 0. The molecule has 1 aromatic heterocycles. The normalized spacial score (nSPS) is 13.4. The van der Waals surface area contributed by atoms with Crippen molar-refractivity contribution in [2.45, 2.75) is 17.9 Å². The Labute approximate surface area is 121 Å². The van der Waals surface area contributed by atoms with Crippen LogP contribution in [0.4, 0.5) is 5.69 Å². The molecule has 0 bridgehead atoms. The summed E-state index contributed by atoms with van der Waals surface area (Å²) in [4.78, 5) is 1.01. The van der Waals surface area contributed by atoms with E-state index in [1.807, 2.05) is 0 Å². The first-order valence-corrected chi connectivity index (χ1v) is 8.19. The lowest BCUT2D eigenvalue weighted by Gasteiger charge is -2.13. The van der Waals surface area contributed by atoms with Crippen molar-refractivity contribution in [3.05, 3.63) is 45.6 Å². The molecule has 0 saturated carbocycles. The molecule has 4 nitrogen and oxygen atoms in total. The van der Waals surface area contributed by atoms with Gasteiger partial charge in [0, 0.05) is 10.6 Å². The van der Waals surface area contributed by atoms with Crippen LogP contribution in [0.15, 0.2) is 41.3 Å². The van der Waals surface area contributed by atoms with Gasteiger partial charge in [0.2, 0.25) is 10.0 Å². The fourth-order valence-electron chi connectivity index (χ4n) is 1.60. The van der Waals surface area contributed by atoms with Crippen molar-refractivity contribution < 1.29 is 8.42 Å². The second-order valence-corrected chi connectivity index (χ2v) is 7.52. The van der Waals surface area contributed by atoms with E-state index in [2.05, 4.69) is 4.72 Å². The first-order valence-electron chi connectivity index (χ1n) is 5.51. The predicted molar refractivity (Wildman–Crippen MR) is 78.9 cm³/mol. The number of benzene rings is 1. The van der Waals surface area contributed by atoms with Gasteiger partial charge >= 0.3 is 0 Å². The summed E-state index contributed by atoms with van der Waals surface area (Å²) in [6.07, 6.45) is 0.